The van der Waals surface area contributed by atoms with E-state index in [-0.39, 0.29) is 18.1 Å². The molecular weight excluding hydrogens is 322 g/mol. The Kier molecular flexibility index (Phi) is 5.89. The van der Waals surface area contributed by atoms with E-state index in [1.807, 2.05) is 0 Å². The molecule has 1 aromatic heterocycles. The van der Waals surface area contributed by atoms with E-state index in [9.17, 15) is 18.4 Å². The molecule has 1 atom stereocenters. The first-order chi connectivity index (χ1) is 11.5. The topological polar surface area (TPSA) is 80.6 Å². The zero-order chi connectivity index (χ0) is 17.5. The van der Waals surface area contributed by atoms with Gasteiger partial charge >= 0.3 is 6.61 Å². The summed E-state index contributed by atoms with van der Waals surface area (Å²) in [5.41, 5.74) is 0.589. The Labute approximate surface area is 136 Å². The van der Waals surface area contributed by atoms with Gasteiger partial charge in [0.05, 0.1) is 6.26 Å². The minimum absolute atomic E-state index is 0.0101. The summed E-state index contributed by atoms with van der Waals surface area (Å²) in [7, 11) is 0. The van der Waals surface area contributed by atoms with Crippen molar-refractivity contribution in [1.82, 2.24) is 10.6 Å². The molecule has 1 heterocycles. The monoisotopic (exact) mass is 338 g/mol. The maximum Gasteiger partial charge on any atom is 0.387 e. The molecule has 0 aliphatic rings. The van der Waals surface area contributed by atoms with Crippen LogP contribution in [0.3, 0.4) is 0 Å². The molecule has 6 nitrogen and oxygen atoms in total. The normalized spacial score (nSPS) is 11.8. The highest BCUT2D eigenvalue weighted by molar-refractivity contribution is 5.95. The average Bonchev–Trinajstić information content (AvgIpc) is 3.06. The fourth-order valence-corrected chi connectivity index (χ4v) is 1.91. The summed E-state index contributed by atoms with van der Waals surface area (Å²) in [4.78, 5) is 23.7. The smallest absolute Gasteiger partial charge is 0.387 e. The van der Waals surface area contributed by atoms with Crippen molar-refractivity contribution in [3.63, 3.8) is 0 Å². The molecule has 0 saturated carbocycles. The Bertz CT molecular complexity index is 689. The lowest BCUT2D eigenvalue weighted by Gasteiger charge is -2.13. The number of carbonyl (C=O) groups is 2. The molecule has 128 valence electrons. The van der Waals surface area contributed by atoms with Gasteiger partial charge in [-0.05, 0) is 36.8 Å². The van der Waals surface area contributed by atoms with Crippen molar-refractivity contribution in [1.29, 1.82) is 0 Å². The van der Waals surface area contributed by atoms with Gasteiger partial charge in [0.1, 0.15) is 11.8 Å². The molecule has 8 heteroatoms. The summed E-state index contributed by atoms with van der Waals surface area (Å²) in [6, 6.07) is 8.25. The maximum atomic E-state index is 12.2. The van der Waals surface area contributed by atoms with Crippen LogP contribution in [-0.2, 0) is 11.3 Å². The minimum Gasteiger partial charge on any atom is -0.459 e. The van der Waals surface area contributed by atoms with Crippen LogP contribution in [0.5, 0.6) is 5.75 Å². The largest absolute Gasteiger partial charge is 0.459 e. The van der Waals surface area contributed by atoms with Gasteiger partial charge in [-0.25, -0.2) is 0 Å². The standard InChI is InChI=1S/C16H16F2N2O4/c1-10(20-15(22)13-6-3-7-23-13)14(21)19-9-11-4-2-5-12(8-11)24-16(17)18/h2-8,10,16H,9H2,1H3,(H,19,21)(H,20,22). The minimum atomic E-state index is -2.91. The lowest BCUT2D eigenvalue weighted by atomic mass is 10.2. The molecule has 0 radical (unpaired) electrons. The number of hydrogen-bond acceptors (Lipinski definition) is 4. The zero-order valence-corrected chi connectivity index (χ0v) is 12.8. The van der Waals surface area contributed by atoms with Gasteiger partial charge in [-0.2, -0.15) is 8.78 Å². The van der Waals surface area contributed by atoms with Crippen molar-refractivity contribution in [2.75, 3.05) is 0 Å². The second-order valence-corrected chi connectivity index (χ2v) is 4.92. The van der Waals surface area contributed by atoms with Crippen molar-refractivity contribution in [2.24, 2.45) is 0 Å². The van der Waals surface area contributed by atoms with Crippen LogP contribution < -0.4 is 15.4 Å². The van der Waals surface area contributed by atoms with Crippen LogP contribution in [-0.4, -0.2) is 24.5 Å². The lowest BCUT2D eigenvalue weighted by Crippen LogP contribution is -2.44. The number of rotatable bonds is 7. The first-order valence-electron chi connectivity index (χ1n) is 7.11. The molecule has 24 heavy (non-hydrogen) atoms. The van der Waals surface area contributed by atoms with Crippen LogP contribution in [0.4, 0.5) is 8.78 Å². The van der Waals surface area contributed by atoms with Crippen molar-refractivity contribution < 1.29 is 27.5 Å². The average molecular weight is 338 g/mol. The van der Waals surface area contributed by atoms with Crippen molar-refractivity contribution in [2.45, 2.75) is 26.1 Å². The third kappa shape index (κ3) is 5.08. The number of alkyl halides is 2. The van der Waals surface area contributed by atoms with Crippen LogP contribution in [0, 0.1) is 0 Å². The Morgan fingerprint density at radius 2 is 2.04 bits per heavy atom. The maximum absolute atomic E-state index is 12.2. The van der Waals surface area contributed by atoms with Gasteiger partial charge in [0.2, 0.25) is 5.91 Å². The SMILES string of the molecule is CC(NC(=O)c1ccco1)C(=O)NCc1cccc(OC(F)F)c1. The van der Waals surface area contributed by atoms with Crippen molar-refractivity contribution >= 4 is 11.8 Å². The number of hydrogen-bond donors (Lipinski definition) is 2. The summed E-state index contributed by atoms with van der Waals surface area (Å²) in [5.74, 6) is -0.813. The molecule has 0 bridgehead atoms. The van der Waals surface area contributed by atoms with Gasteiger partial charge in [0.25, 0.3) is 5.91 Å². The first kappa shape index (κ1) is 17.5. The van der Waals surface area contributed by atoms with Gasteiger partial charge in [-0.15, -0.1) is 0 Å². The molecule has 0 saturated heterocycles. The van der Waals surface area contributed by atoms with Crippen molar-refractivity contribution in [3.05, 3.63) is 54.0 Å². The van der Waals surface area contributed by atoms with E-state index < -0.39 is 24.5 Å². The van der Waals surface area contributed by atoms with Crippen LogP contribution in [0.2, 0.25) is 0 Å². The number of halogens is 2. The number of ether oxygens (including phenoxy) is 1. The van der Waals surface area contributed by atoms with E-state index in [0.29, 0.717) is 5.56 Å². The van der Waals surface area contributed by atoms with Crippen LogP contribution in [0.25, 0.3) is 0 Å². The summed E-state index contributed by atoms with van der Waals surface area (Å²) in [6.45, 7) is -1.28. The molecule has 0 aliphatic carbocycles. The lowest BCUT2D eigenvalue weighted by molar-refractivity contribution is -0.122. The molecule has 2 amide bonds. The summed E-state index contributed by atoms with van der Waals surface area (Å²) in [6.07, 6.45) is 1.36. The van der Waals surface area contributed by atoms with Crippen LogP contribution in [0.15, 0.2) is 47.1 Å². The van der Waals surface area contributed by atoms with E-state index in [0.717, 1.165) is 0 Å². The fraction of sp³-hybridized carbons (Fsp3) is 0.250. The molecule has 0 aliphatic heterocycles. The molecule has 0 fully saturated rings. The molecule has 2 rings (SSSR count). The number of nitrogens with one attached hydrogen (secondary N) is 2. The molecule has 1 unspecified atom stereocenters. The highest BCUT2D eigenvalue weighted by Gasteiger charge is 2.17. The Hall–Kier alpha value is -2.90. The van der Waals surface area contributed by atoms with Crippen LogP contribution in [0.1, 0.15) is 23.0 Å². The first-order valence-corrected chi connectivity index (χ1v) is 7.11. The number of carbonyl (C=O) groups excluding carboxylic acids is 2. The number of amides is 2. The number of furan rings is 1. The van der Waals surface area contributed by atoms with E-state index in [2.05, 4.69) is 15.4 Å². The second kappa shape index (κ2) is 8.09. The fourth-order valence-electron chi connectivity index (χ4n) is 1.91. The zero-order valence-electron chi connectivity index (χ0n) is 12.8. The number of benzene rings is 1. The van der Waals surface area contributed by atoms with Gasteiger partial charge in [0, 0.05) is 6.54 Å². The summed E-state index contributed by atoms with van der Waals surface area (Å²) >= 11 is 0. The third-order valence-corrected chi connectivity index (χ3v) is 3.08. The summed E-state index contributed by atoms with van der Waals surface area (Å²) < 4.78 is 33.6. The quantitative estimate of drug-likeness (QED) is 0.812. The predicted octanol–water partition coefficient (Wildman–Crippen LogP) is 2.32. The molecular formula is C16H16F2N2O4. The van der Waals surface area contributed by atoms with E-state index in [1.165, 1.54) is 31.4 Å². The van der Waals surface area contributed by atoms with Gasteiger partial charge < -0.3 is 19.8 Å². The Balaban J connectivity index is 1.85. The highest BCUT2D eigenvalue weighted by Crippen LogP contribution is 2.15. The highest BCUT2D eigenvalue weighted by atomic mass is 19.3. The Morgan fingerprint density at radius 3 is 2.71 bits per heavy atom. The van der Waals surface area contributed by atoms with Crippen molar-refractivity contribution in [3.8, 4) is 5.75 Å². The predicted molar refractivity (Wildman–Crippen MR) is 80.6 cm³/mol. The van der Waals surface area contributed by atoms with E-state index in [4.69, 9.17) is 4.42 Å². The van der Waals surface area contributed by atoms with E-state index >= 15 is 0 Å². The molecule has 2 N–H and O–H groups in total. The third-order valence-electron chi connectivity index (χ3n) is 3.08. The summed E-state index contributed by atoms with van der Waals surface area (Å²) in [5, 5.41) is 5.09. The second-order valence-electron chi connectivity index (χ2n) is 4.92. The van der Waals surface area contributed by atoms with Crippen LogP contribution >= 0.6 is 0 Å². The Morgan fingerprint density at radius 1 is 1.25 bits per heavy atom. The van der Waals surface area contributed by atoms with Gasteiger partial charge in [-0.1, -0.05) is 12.1 Å². The van der Waals surface area contributed by atoms with Gasteiger partial charge in [0.15, 0.2) is 5.76 Å². The van der Waals surface area contributed by atoms with Gasteiger partial charge in [-0.3, -0.25) is 9.59 Å². The van der Waals surface area contributed by atoms with E-state index in [1.54, 1.807) is 18.2 Å². The molecule has 1 aromatic carbocycles. The molecule has 2 aromatic rings. The molecule has 0 spiro atoms.